The van der Waals surface area contributed by atoms with E-state index in [0.29, 0.717) is 0 Å². The van der Waals surface area contributed by atoms with Crippen molar-refractivity contribution in [2.75, 3.05) is 13.7 Å². The molecule has 0 fully saturated rings. The van der Waals surface area contributed by atoms with Crippen molar-refractivity contribution in [2.45, 2.75) is 26.3 Å². The highest BCUT2D eigenvalue weighted by Gasteiger charge is 2.02. The number of halogens is 2. The van der Waals surface area contributed by atoms with Gasteiger partial charge in [0.05, 0.1) is 7.11 Å². The number of ether oxygens (including phenoxy) is 1. The lowest BCUT2D eigenvalue weighted by molar-refractivity contribution is 0.407. The molecular formula is C12H19Cl2NO. The van der Waals surface area contributed by atoms with E-state index in [-0.39, 0.29) is 12.4 Å². The van der Waals surface area contributed by atoms with Crippen LogP contribution in [0.2, 0.25) is 5.02 Å². The van der Waals surface area contributed by atoms with Crippen molar-refractivity contribution in [1.82, 2.24) is 5.32 Å². The van der Waals surface area contributed by atoms with Gasteiger partial charge in [0.15, 0.2) is 0 Å². The fraction of sp³-hybridized carbons (Fsp3) is 0.500. The summed E-state index contributed by atoms with van der Waals surface area (Å²) in [6, 6.07) is 5.69. The van der Waals surface area contributed by atoms with E-state index in [1.807, 2.05) is 18.2 Å². The van der Waals surface area contributed by atoms with Crippen LogP contribution in [0.15, 0.2) is 18.2 Å². The molecule has 0 heterocycles. The van der Waals surface area contributed by atoms with Gasteiger partial charge in [0.1, 0.15) is 5.75 Å². The Morgan fingerprint density at radius 2 is 2.12 bits per heavy atom. The van der Waals surface area contributed by atoms with Crippen molar-refractivity contribution in [3.63, 3.8) is 0 Å². The van der Waals surface area contributed by atoms with Crippen LogP contribution in [0.4, 0.5) is 0 Å². The standard InChI is InChI=1S/C12H18ClNO.ClH/c1-3-4-7-14-9-10-8-11(13)5-6-12(10)15-2;/h5-6,8,14H,3-4,7,9H2,1-2H3;1H. The predicted molar refractivity (Wildman–Crippen MR) is 71.9 cm³/mol. The summed E-state index contributed by atoms with van der Waals surface area (Å²) in [5.74, 6) is 0.892. The van der Waals surface area contributed by atoms with Gasteiger partial charge in [0.2, 0.25) is 0 Å². The summed E-state index contributed by atoms with van der Waals surface area (Å²) in [5.41, 5.74) is 1.11. The molecule has 0 aromatic heterocycles. The molecule has 0 spiro atoms. The first-order valence-electron chi connectivity index (χ1n) is 5.31. The van der Waals surface area contributed by atoms with Crippen molar-refractivity contribution in [3.8, 4) is 5.75 Å². The Kier molecular flexibility index (Phi) is 8.44. The lowest BCUT2D eigenvalue weighted by Crippen LogP contribution is -2.15. The SMILES string of the molecule is CCCCNCc1cc(Cl)ccc1OC.Cl. The summed E-state index contributed by atoms with van der Waals surface area (Å²) >= 11 is 5.93. The van der Waals surface area contributed by atoms with Gasteiger partial charge >= 0.3 is 0 Å². The number of hydrogen-bond donors (Lipinski definition) is 1. The minimum Gasteiger partial charge on any atom is -0.496 e. The molecule has 0 radical (unpaired) electrons. The summed E-state index contributed by atoms with van der Waals surface area (Å²) in [5, 5.41) is 4.12. The minimum atomic E-state index is 0. The molecule has 0 bridgehead atoms. The largest absolute Gasteiger partial charge is 0.496 e. The third kappa shape index (κ3) is 5.06. The van der Waals surface area contributed by atoms with Crippen LogP contribution < -0.4 is 10.1 Å². The van der Waals surface area contributed by atoms with Crippen LogP contribution in [0.3, 0.4) is 0 Å². The van der Waals surface area contributed by atoms with Crippen molar-refractivity contribution in [2.24, 2.45) is 0 Å². The van der Waals surface area contributed by atoms with E-state index < -0.39 is 0 Å². The van der Waals surface area contributed by atoms with Gasteiger partial charge in [-0.1, -0.05) is 24.9 Å². The van der Waals surface area contributed by atoms with E-state index in [9.17, 15) is 0 Å². The van der Waals surface area contributed by atoms with Gasteiger partial charge in [-0.2, -0.15) is 0 Å². The third-order valence-corrected chi connectivity index (χ3v) is 2.50. The van der Waals surface area contributed by atoms with E-state index in [4.69, 9.17) is 16.3 Å². The highest BCUT2D eigenvalue weighted by molar-refractivity contribution is 6.30. The molecule has 2 nitrogen and oxygen atoms in total. The monoisotopic (exact) mass is 263 g/mol. The Morgan fingerprint density at radius 1 is 1.38 bits per heavy atom. The molecule has 0 aliphatic heterocycles. The first-order chi connectivity index (χ1) is 7.27. The average Bonchev–Trinajstić information content (AvgIpc) is 2.25. The van der Waals surface area contributed by atoms with Crippen molar-refractivity contribution >= 4 is 24.0 Å². The van der Waals surface area contributed by atoms with Gasteiger partial charge < -0.3 is 10.1 Å². The smallest absolute Gasteiger partial charge is 0.123 e. The Hall–Kier alpha value is -0.440. The highest BCUT2D eigenvalue weighted by Crippen LogP contribution is 2.22. The molecule has 1 aromatic rings. The zero-order valence-corrected chi connectivity index (χ0v) is 11.3. The highest BCUT2D eigenvalue weighted by atomic mass is 35.5. The maximum absolute atomic E-state index is 5.93. The quantitative estimate of drug-likeness (QED) is 0.792. The first-order valence-corrected chi connectivity index (χ1v) is 5.69. The van der Waals surface area contributed by atoms with Gasteiger partial charge in [-0.15, -0.1) is 12.4 Å². The Morgan fingerprint density at radius 3 is 2.75 bits per heavy atom. The molecule has 1 aromatic carbocycles. The van der Waals surface area contributed by atoms with E-state index in [1.165, 1.54) is 12.8 Å². The molecule has 0 atom stereocenters. The maximum atomic E-state index is 5.93. The van der Waals surface area contributed by atoms with Gasteiger partial charge in [0.25, 0.3) is 0 Å². The number of unbranched alkanes of at least 4 members (excludes halogenated alkanes) is 1. The number of methoxy groups -OCH3 is 1. The molecule has 0 saturated heterocycles. The van der Waals surface area contributed by atoms with Gasteiger partial charge in [-0.3, -0.25) is 0 Å². The van der Waals surface area contributed by atoms with Gasteiger partial charge in [0, 0.05) is 17.1 Å². The van der Waals surface area contributed by atoms with Gasteiger partial charge in [-0.05, 0) is 31.2 Å². The zero-order valence-electron chi connectivity index (χ0n) is 9.75. The molecule has 0 amide bonds. The lowest BCUT2D eigenvalue weighted by Gasteiger charge is -2.09. The summed E-state index contributed by atoms with van der Waals surface area (Å²) < 4.78 is 5.26. The van der Waals surface area contributed by atoms with Crippen LogP contribution in [0.1, 0.15) is 25.3 Å². The van der Waals surface area contributed by atoms with Crippen LogP contribution in [0.5, 0.6) is 5.75 Å². The number of benzene rings is 1. The Bertz CT molecular complexity index is 305. The summed E-state index contributed by atoms with van der Waals surface area (Å²) in [6.07, 6.45) is 2.41. The zero-order chi connectivity index (χ0) is 11.1. The second-order valence-corrected chi connectivity index (χ2v) is 3.92. The summed E-state index contributed by atoms with van der Waals surface area (Å²) in [7, 11) is 1.68. The van der Waals surface area contributed by atoms with Gasteiger partial charge in [-0.25, -0.2) is 0 Å². The van der Waals surface area contributed by atoms with Crippen LogP contribution in [0, 0.1) is 0 Å². The molecule has 92 valence electrons. The second kappa shape index (κ2) is 8.68. The second-order valence-electron chi connectivity index (χ2n) is 3.49. The van der Waals surface area contributed by atoms with Crippen LogP contribution in [-0.2, 0) is 6.54 Å². The normalized spacial score (nSPS) is 9.69. The molecule has 1 rings (SSSR count). The Labute approximate surface area is 109 Å². The number of nitrogens with one attached hydrogen (secondary N) is 1. The number of rotatable bonds is 6. The van der Waals surface area contributed by atoms with Crippen molar-refractivity contribution in [3.05, 3.63) is 28.8 Å². The molecule has 1 N–H and O–H groups in total. The van der Waals surface area contributed by atoms with Crippen LogP contribution in [0.25, 0.3) is 0 Å². The Balaban J connectivity index is 0.00000225. The molecule has 4 heteroatoms. The summed E-state index contributed by atoms with van der Waals surface area (Å²) in [6.45, 7) is 4.03. The maximum Gasteiger partial charge on any atom is 0.123 e. The minimum absolute atomic E-state index is 0. The molecule has 16 heavy (non-hydrogen) atoms. The molecular weight excluding hydrogens is 245 g/mol. The first kappa shape index (κ1) is 15.6. The third-order valence-electron chi connectivity index (χ3n) is 2.27. The molecule has 0 aliphatic rings. The predicted octanol–water partition coefficient (Wildman–Crippen LogP) is 3.66. The van der Waals surface area contributed by atoms with Crippen LogP contribution in [-0.4, -0.2) is 13.7 Å². The fourth-order valence-electron chi connectivity index (χ4n) is 1.41. The molecule has 0 saturated carbocycles. The molecule has 0 aliphatic carbocycles. The van der Waals surface area contributed by atoms with Crippen LogP contribution >= 0.6 is 24.0 Å². The fourth-order valence-corrected chi connectivity index (χ4v) is 1.60. The van der Waals surface area contributed by atoms with E-state index >= 15 is 0 Å². The van der Waals surface area contributed by atoms with Crippen molar-refractivity contribution in [1.29, 1.82) is 0 Å². The van der Waals surface area contributed by atoms with E-state index in [1.54, 1.807) is 7.11 Å². The van der Waals surface area contributed by atoms with E-state index in [0.717, 1.165) is 29.4 Å². The lowest BCUT2D eigenvalue weighted by atomic mass is 10.2. The van der Waals surface area contributed by atoms with Crippen molar-refractivity contribution < 1.29 is 4.74 Å². The topological polar surface area (TPSA) is 21.3 Å². The molecule has 0 unspecified atom stereocenters. The summed E-state index contributed by atoms with van der Waals surface area (Å²) in [4.78, 5) is 0. The number of hydrogen-bond acceptors (Lipinski definition) is 2. The van der Waals surface area contributed by atoms with E-state index in [2.05, 4.69) is 12.2 Å². The average molecular weight is 264 g/mol.